The van der Waals surface area contributed by atoms with Crippen molar-refractivity contribution in [3.8, 4) is 11.4 Å². The van der Waals surface area contributed by atoms with Crippen LogP contribution < -0.4 is 9.64 Å². The van der Waals surface area contributed by atoms with Crippen LogP contribution in [0.1, 0.15) is 44.9 Å². The Bertz CT molecular complexity index is 819. The lowest BCUT2D eigenvalue weighted by molar-refractivity contribution is -0.117. The summed E-state index contributed by atoms with van der Waals surface area (Å²) in [5, 5.41) is 4.43. The SMILES string of the molecule is O=C1CCCN1c1cnn(-c2ccc(OC3CCN(C4CCC4)CC3)cc2)c1. The molecule has 1 aromatic heterocycles. The van der Waals surface area contributed by atoms with E-state index in [-0.39, 0.29) is 5.91 Å². The zero-order valence-corrected chi connectivity index (χ0v) is 16.3. The molecule has 0 spiro atoms. The number of hydrogen-bond donors (Lipinski definition) is 0. The van der Waals surface area contributed by atoms with Crippen molar-refractivity contribution in [3.05, 3.63) is 36.7 Å². The number of carbonyl (C=O) groups excluding carboxylic acids is 1. The number of ether oxygens (including phenoxy) is 1. The first-order valence-corrected chi connectivity index (χ1v) is 10.6. The molecule has 6 heteroatoms. The minimum Gasteiger partial charge on any atom is -0.490 e. The summed E-state index contributed by atoms with van der Waals surface area (Å²) in [6.45, 7) is 3.12. The van der Waals surface area contributed by atoms with Gasteiger partial charge < -0.3 is 14.5 Å². The van der Waals surface area contributed by atoms with E-state index >= 15 is 0 Å². The highest BCUT2D eigenvalue weighted by molar-refractivity contribution is 5.95. The highest BCUT2D eigenvalue weighted by Gasteiger charge is 2.29. The molecule has 3 aliphatic rings. The molecular weight excluding hydrogens is 352 g/mol. The van der Waals surface area contributed by atoms with Crippen molar-refractivity contribution in [3.63, 3.8) is 0 Å². The van der Waals surface area contributed by atoms with Crippen LogP contribution in [0.4, 0.5) is 5.69 Å². The molecule has 28 heavy (non-hydrogen) atoms. The number of amides is 1. The quantitative estimate of drug-likeness (QED) is 0.798. The van der Waals surface area contributed by atoms with Crippen LogP contribution in [0, 0.1) is 0 Å². The average molecular weight is 380 g/mol. The Morgan fingerprint density at radius 2 is 1.71 bits per heavy atom. The first kappa shape index (κ1) is 17.7. The number of rotatable bonds is 5. The van der Waals surface area contributed by atoms with Crippen LogP contribution >= 0.6 is 0 Å². The lowest BCUT2D eigenvalue weighted by Gasteiger charge is -2.41. The van der Waals surface area contributed by atoms with Crippen molar-refractivity contribution in [1.82, 2.24) is 14.7 Å². The monoisotopic (exact) mass is 380 g/mol. The Hall–Kier alpha value is -2.34. The van der Waals surface area contributed by atoms with Gasteiger partial charge >= 0.3 is 0 Å². The molecule has 1 aromatic carbocycles. The van der Waals surface area contributed by atoms with Gasteiger partial charge in [0, 0.05) is 32.1 Å². The highest BCUT2D eigenvalue weighted by Crippen LogP contribution is 2.29. The molecule has 0 N–H and O–H groups in total. The summed E-state index contributed by atoms with van der Waals surface area (Å²) in [5.74, 6) is 1.11. The average Bonchev–Trinajstić information content (AvgIpc) is 3.31. The molecule has 6 nitrogen and oxygen atoms in total. The van der Waals surface area contributed by atoms with Gasteiger partial charge in [-0.1, -0.05) is 6.42 Å². The Labute approximate surface area is 166 Å². The van der Waals surface area contributed by atoms with Crippen LogP contribution in [-0.2, 0) is 4.79 Å². The largest absolute Gasteiger partial charge is 0.490 e. The summed E-state index contributed by atoms with van der Waals surface area (Å²) in [7, 11) is 0. The normalized spacial score (nSPS) is 21.9. The Morgan fingerprint density at radius 3 is 2.36 bits per heavy atom. The molecule has 0 unspecified atom stereocenters. The van der Waals surface area contributed by atoms with Crippen LogP contribution in [0.3, 0.4) is 0 Å². The lowest BCUT2D eigenvalue weighted by atomic mass is 9.90. The molecule has 1 aliphatic carbocycles. The van der Waals surface area contributed by atoms with Gasteiger partial charge in [0.15, 0.2) is 0 Å². The van der Waals surface area contributed by atoms with Gasteiger partial charge in [-0.05, 0) is 56.4 Å². The fourth-order valence-electron chi connectivity index (χ4n) is 4.50. The standard InChI is InChI=1S/C22H28N4O2/c27-22-5-2-12-25(22)19-15-23-26(16-19)18-6-8-20(9-7-18)28-21-10-13-24(14-11-21)17-3-1-4-17/h6-9,15-17,21H,1-5,10-14H2. The predicted octanol–water partition coefficient (Wildman–Crippen LogP) is 3.39. The molecule has 3 heterocycles. The molecule has 2 saturated heterocycles. The molecule has 0 radical (unpaired) electrons. The minimum atomic E-state index is 0.187. The van der Waals surface area contributed by atoms with Crippen molar-refractivity contribution in [2.75, 3.05) is 24.5 Å². The second-order valence-electron chi connectivity index (χ2n) is 8.22. The van der Waals surface area contributed by atoms with Gasteiger partial charge in [-0.25, -0.2) is 4.68 Å². The molecule has 148 valence electrons. The van der Waals surface area contributed by atoms with Gasteiger partial charge in [0.2, 0.25) is 5.91 Å². The van der Waals surface area contributed by atoms with Gasteiger partial charge in [0.1, 0.15) is 11.9 Å². The van der Waals surface area contributed by atoms with Gasteiger partial charge in [0.25, 0.3) is 0 Å². The lowest BCUT2D eigenvalue weighted by Crippen LogP contribution is -2.46. The van der Waals surface area contributed by atoms with E-state index in [0.29, 0.717) is 12.5 Å². The summed E-state index contributed by atoms with van der Waals surface area (Å²) in [5.41, 5.74) is 1.85. The first-order chi connectivity index (χ1) is 13.8. The third-order valence-corrected chi connectivity index (χ3v) is 6.43. The van der Waals surface area contributed by atoms with E-state index in [4.69, 9.17) is 4.74 Å². The van der Waals surface area contributed by atoms with E-state index in [9.17, 15) is 4.79 Å². The van der Waals surface area contributed by atoms with Gasteiger partial charge in [0.05, 0.1) is 23.8 Å². The van der Waals surface area contributed by atoms with E-state index < -0.39 is 0 Å². The summed E-state index contributed by atoms with van der Waals surface area (Å²) < 4.78 is 8.04. The summed E-state index contributed by atoms with van der Waals surface area (Å²) in [4.78, 5) is 16.4. The maximum atomic E-state index is 11.9. The number of nitrogens with zero attached hydrogens (tertiary/aromatic N) is 4. The number of piperidine rings is 1. The van der Waals surface area contributed by atoms with E-state index in [1.54, 1.807) is 6.20 Å². The molecule has 3 fully saturated rings. The zero-order valence-electron chi connectivity index (χ0n) is 16.3. The second kappa shape index (κ2) is 7.59. The number of hydrogen-bond acceptors (Lipinski definition) is 4. The Morgan fingerprint density at radius 1 is 0.929 bits per heavy atom. The number of anilines is 1. The van der Waals surface area contributed by atoms with Crippen LogP contribution in [0.5, 0.6) is 5.75 Å². The third-order valence-electron chi connectivity index (χ3n) is 6.43. The number of carbonyl (C=O) groups is 1. The molecule has 5 rings (SSSR count). The fraction of sp³-hybridized carbons (Fsp3) is 0.545. The van der Waals surface area contributed by atoms with Crippen LogP contribution in [0.15, 0.2) is 36.7 Å². The minimum absolute atomic E-state index is 0.187. The maximum Gasteiger partial charge on any atom is 0.227 e. The van der Waals surface area contributed by atoms with Crippen molar-refractivity contribution in [1.29, 1.82) is 0 Å². The molecular formula is C22H28N4O2. The topological polar surface area (TPSA) is 50.6 Å². The Balaban J connectivity index is 1.18. The van der Waals surface area contributed by atoms with E-state index in [2.05, 4.69) is 10.00 Å². The van der Waals surface area contributed by atoms with Gasteiger partial charge in [-0.2, -0.15) is 5.10 Å². The van der Waals surface area contributed by atoms with E-state index in [1.165, 1.54) is 32.4 Å². The number of benzene rings is 1. The van der Waals surface area contributed by atoms with Crippen molar-refractivity contribution in [2.45, 2.75) is 57.1 Å². The predicted molar refractivity (Wildman–Crippen MR) is 108 cm³/mol. The van der Waals surface area contributed by atoms with Crippen LogP contribution in [0.2, 0.25) is 0 Å². The summed E-state index contributed by atoms with van der Waals surface area (Å²) in [6.07, 6.45) is 12.0. The van der Waals surface area contributed by atoms with Crippen molar-refractivity contribution < 1.29 is 9.53 Å². The second-order valence-corrected chi connectivity index (χ2v) is 8.22. The maximum absolute atomic E-state index is 11.9. The first-order valence-electron chi connectivity index (χ1n) is 10.6. The van der Waals surface area contributed by atoms with Crippen LogP contribution in [-0.4, -0.2) is 52.4 Å². The summed E-state index contributed by atoms with van der Waals surface area (Å²) in [6, 6.07) is 8.95. The van der Waals surface area contributed by atoms with Gasteiger partial charge in [-0.3, -0.25) is 4.79 Å². The third kappa shape index (κ3) is 3.53. The number of aromatic nitrogens is 2. The number of likely N-dealkylation sites (tertiary alicyclic amines) is 1. The molecule has 2 aromatic rings. The molecule has 0 atom stereocenters. The van der Waals surface area contributed by atoms with Gasteiger partial charge in [-0.15, -0.1) is 0 Å². The van der Waals surface area contributed by atoms with E-state index in [0.717, 1.165) is 49.0 Å². The Kier molecular flexibility index (Phi) is 4.81. The van der Waals surface area contributed by atoms with Crippen molar-refractivity contribution >= 4 is 11.6 Å². The smallest absolute Gasteiger partial charge is 0.227 e. The molecule has 1 amide bonds. The van der Waals surface area contributed by atoms with Crippen LogP contribution in [0.25, 0.3) is 5.69 Å². The zero-order chi connectivity index (χ0) is 18.9. The van der Waals surface area contributed by atoms with E-state index in [1.807, 2.05) is 40.0 Å². The molecule has 1 saturated carbocycles. The van der Waals surface area contributed by atoms with Crippen molar-refractivity contribution in [2.24, 2.45) is 0 Å². The molecule has 0 bridgehead atoms. The fourth-order valence-corrected chi connectivity index (χ4v) is 4.50. The molecule has 2 aliphatic heterocycles. The summed E-state index contributed by atoms with van der Waals surface area (Å²) >= 11 is 0. The highest BCUT2D eigenvalue weighted by atomic mass is 16.5.